The molecule has 5 nitrogen and oxygen atoms in total. The largest absolute Gasteiger partial charge is 0.393 e. The molecule has 28 heavy (non-hydrogen) atoms. The molecule has 0 amide bonds. The highest BCUT2D eigenvalue weighted by Crippen LogP contribution is 2.71. The average molecular weight is 393 g/mol. The summed E-state index contributed by atoms with van der Waals surface area (Å²) in [6.07, 6.45) is 10.6. The van der Waals surface area contributed by atoms with Crippen LogP contribution in [0.3, 0.4) is 0 Å². The van der Waals surface area contributed by atoms with Crippen molar-refractivity contribution in [2.24, 2.45) is 34.5 Å². The molecule has 0 aromatic rings. The zero-order valence-electron chi connectivity index (χ0n) is 17.5. The van der Waals surface area contributed by atoms with E-state index in [-0.39, 0.29) is 25.1 Å². The Morgan fingerprint density at radius 2 is 1.75 bits per heavy atom. The van der Waals surface area contributed by atoms with Crippen molar-refractivity contribution in [2.75, 3.05) is 20.2 Å². The molecular formula is C23H36O5. The summed E-state index contributed by atoms with van der Waals surface area (Å²) in [7, 11) is 0. The van der Waals surface area contributed by atoms with Crippen molar-refractivity contribution in [3.8, 4) is 0 Å². The van der Waals surface area contributed by atoms with Crippen molar-refractivity contribution in [3.05, 3.63) is 0 Å². The van der Waals surface area contributed by atoms with Crippen LogP contribution in [0.5, 0.6) is 0 Å². The minimum absolute atomic E-state index is 0.129. The Hall–Kier alpha value is -0.200. The SMILES string of the molecule is C[C@]12CCCC[C@H]1CC[C@@H]1[C@@H]2[C@@H](O)C[C@@]2(C)[C@H]1CC[C@@]21OCOC12COCO2. The molecule has 4 saturated carbocycles. The fraction of sp³-hybridized carbons (Fsp3) is 1.00. The van der Waals surface area contributed by atoms with E-state index >= 15 is 0 Å². The second kappa shape index (κ2) is 5.94. The zero-order chi connectivity index (χ0) is 19.2. The number of aliphatic hydroxyl groups excluding tert-OH is 1. The highest BCUT2D eigenvalue weighted by molar-refractivity contribution is 5.21. The smallest absolute Gasteiger partial charge is 0.226 e. The van der Waals surface area contributed by atoms with Crippen molar-refractivity contribution < 1.29 is 24.1 Å². The van der Waals surface area contributed by atoms with Gasteiger partial charge in [0.2, 0.25) is 5.79 Å². The lowest BCUT2D eigenvalue weighted by Gasteiger charge is -2.63. The third-order valence-electron chi connectivity index (χ3n) is 10.5. The molecule has 1 N–H and O–H groups in total. The first kappa shape index (κ1) is 18.6. The van der Waals surface area contributed by atoms with Crippen LogP contribution in [0.15, 0.2) is 0 Å². The molecule has 6 fully saturated rings. The molecule has 2 spiro atoms. The van der Waals surface area contributed by atoms with Gasteiger partial charge in [-0.05, 0) is 74.0 Å². The van der Waals surface area contributed by atoms with E-state index in [9.17, 15) is 5.11 Å². The highest BCUT2D eigenvalue weighted by atomic mass is 16.9. The van der Waals surface area contributed by atoms with Gasteiger partial charge in [0.05, 0.1) is 6.10 Å². The molecule has 0 aromatic heterocycles. The molecule has 2 saturated heterocycles. The molecule has 158 valence electrons. The molecular weight excluding hydrogens is 356 g/mol. The molecule has 2 aliphatic heterocycles. The summed E-state index contributed by atoms with van der Waals surface area (Å²) in [6.45, 7) is 5.86. The molecule has 6 rings (SSSR count). The summed E-state index contributed by atoms with van der Waals surface area (Å²) in [5, 5.41) is 11.6. The van der Waals surface area contributed by atoms with Gasteiger partial charge in [-0.15, -0.1) is 0 Å². The van der Waals surface area contributed by atoms with E-state index in [1.165, 1.54) is 38.5 Å². The lowest BCUT2D eigenvalue weighted by atomic mass is 9.43. The first-order chi connectivity index (χ1) is 13.5. The van der Waals surface area contributed by atoms with Gasteiger partial charge in [0, 0.05) is 5.41 Å². The summed E-state index contributed by atoms with van der Waals surface area (Å²) >= 11 is 0. The number of aliphatic hydroxyl groups is 1. The molecule has 5 heteroatoms. The predicted molar refractivity (Wildman–Crippen MR) is 102 cm³/mol. The van der Waals surface area contributed by atoms with Crippen LogP contribution in [0.25, 0.3) is 0 Å². The number of ether oxygens (including phenoxy) is 4. The Morgan fingerprint density at radius 1 is 0.893 bits per heavy atom. The van der Waals surface area contributed by atoms with E-state index in [0.717, 1.165) is 25.2 Å². The van der Waals surface area contributed by atoms with E-state index in [0.29, 0.717) is 29.8 Å². The van der Waals surface area contributed by atoms with Crippen molar-refractivity contribution >= 4 is 0 Å². The van der Waals surface area contributed by atoms with Crippen molar-refractivity contribution in [3.63, 3.8) is 0 Å². The second-order valence-electron chi connectivity index (χ2n) is 11.1. The Bertz CT molecular complexity index is 641. The van der Waals surface area contributed by atoms with E-state index in [1.807, 2.05) is 0 Å². The summed E-state index contributed by atoms with van der Waals surface area (Å²) in [6, 6.07) is 0. The Kier molecular flexibility index (Phi) is 3.94. The lowest BCUT2D eigenvalue weighted by molar-refractivity contribution is -0.262. The molecule has 0 aromatic carbocycles. The van der Waals surface area contributed by atoms with Crippen LogP contribution in [0.4, 0.5) is 0 Å². The maximum atomic E-state index is 11.6. The van der Waals surface area contributed by atoms with Gasteiger partial charge in [0.15, 0.2) is 13.6 Å². The molecule has 6 aliphatic rings. The van der Waals surface area contributed by atoms with Crippen LogP contribution >= 0.6 is 0 Å². The molecule has 4 aliphatic carbocycles. The van der Waals surface area contributed by atoms with Crippen LogP contribution in [0.1, 0.15) is 71.6 Å². The van der Waals surface area contributed by atoms with Crippen molar-refractivity contribution in [1.82, 2.24) is 0 Å². The van der Waals surface area contributed by atoms with Crippen molar-refractivity contribution in [1.29, 1.82) is 0 Å². The fourth-order valence-electron chi connectivity index (χ4n) is 9.39. The van der Waals surface area contributed by atoms with Crippen LogP contribution in [-0.4, -0.2) is 42.8 Å². The van der Waals surface area contributed by atoms with E-state index in [1.54, 1.807) is 0 Å². The van der Waals surface area contributed by atoms with Crippen LogP contribution in [0.2, 0.25) is 0 Å². The normalized spacial score (nSPS) is 60.8. The fourth-order valence-corrected chi connectivity index (χ4v) is 9.39. The average Bonchev–Trinajstić information content (AvgIpc) is 3.36. The number of hydrogen-bond acceptors (Lipinski definition) is 5. The summed E-state index contributed by atoms with van der Waals surface area (Å²) in [5.41, 5.74) is -0.303. The molecule has 0 bridgehead atoms. The second-order valence-corrected chi connectivity index (χ2v) is 11.1. The van der Waals surface area contributed by atoms with E-state index in [4.69, 9.17) is 18.9 Å². The van der Waals surface area contributed by atoms with Crippen LogP contribution in [0, 0.1) is 34.5 Å². The van der Waals surface area contributed by atoms with Crippen LogP contribution in [-0.2, 0) is 18.9 Å². The number of rotatable bonds is 0. The van der Waals surface area contributed by atoms with Gasteiger partial charge in [0.1, 0.15) is 12.2 Å². The van der Waals surface area contributed by atoms with Crippen LogP contribution < -0.4 is 0 Å². The highest BCUT2D eigenvalue weighted by Gasteiger charge is 2.76. The van der Waals surface area contributed by atoms with Gasteiger partial charge in [0.25, 0.3) is 0 Å². The molecule has 0 radical (unpaired) electrons. The maximum Gasteiger partial charge on any atom is 0.226 e. The van der Waals surface area contributed by atoms with Gasteiger partial charge in [-0.1, -0.05) is 26.7 Å². The lowest BCUT2D eigenvalue weighted by Crippen LogP contribution is -2.66. The molecule has 1 unspecified atom stereocenters. The van der Waals surface area contributed by atoms with E-state index < -0.39 is 11.4 Å². The Labute approximate surface area is 168 Å². The number of hydrogen-bond donors (Lipinski definition) is 1. The minimum Gasteiger partial charge on any atom is -0.393 e. The standard InChI is InChI=1S/C23H36O5/c1-20-9-4-3-5-15(20)6-7-16-17-8-10-22(21(17,2)11-18(24)19(16)20)23(28-14-26-22)12-25-13-27-23/h15-19,24H,3-14H2,1-2H3/t15-,16-,17-,18-,19+,20-,21-,22+,23?/m0/s1. The first-order valence-electron chi connectivity index (χ1n) is 11.6. The quantitative estimate of drug-likeness (QED) is 0.679. The predicted octanol–water partition coefficient (Wildman–Crippen LogP) is 3.83. The van der Waals surface area contributed by atoms with Gasteiger partial charge in [-0.2, -0.15) is 0 Å². The summed E-state index contributed by atoms with van der Waals surface area (Å²) in [4.78, 5) is 0. The third-order valence-corrected chi connectivity index (χ3v) is 10.5. The summed E-state index contributed by atoms with van der Waals surface area (Å²) < 4.78 is 24.2. The topological polar surface area (TPSA) is 57.2 Å². The Balaban J connectivity index is 1.39. The van der Waals surface area contributed by atoms with Gasteiger partial charge in [-0.3, -0.25) is 0 Å². The molecule has 9 atom stereocenters. The monoisotopic (exact) mass is 392 g/mol. The number of fused-ring (bicyclic) bond motifs is 7. The van der Waals surface area contributed by atoms with Gasteiger partial charge >= 0.3 is 0 Å². The zero-order valence-corrected chi connectivity index (χ0v) is 17.5. The van der Waals surface area contributed by atoms with E-state index in [2.05, 4.69) is 13.8 Å². The molecule has 2 heterocycles. The van der Waals surface area contributed by atoms with Gasteiger partial charge < -0.3 is 24.1 Å². The Morgan fingerprint density at radius 3 is 2.57 bits per heavy atom. The van der Waals surface area contributed by atoms with Gasteiger partial charge in [-0.25, -0.2) is 0 Å². The third kappa shape index (κ3) is 2.01. The van der Waals surface area contributed by atoms with Crippen molar-refractivity contribution in [2.45, 2.75) is 89.1 Å². The summed E-state index contributed by atoms with van der Waals surface area (Å²) in [5.74, 6) is 1.63. The first-order valence-corrected chi connectivity index (χ1v) is 11.6. The maximum absolute atomic E-state index is 11.6. The minimum atomic E-state index is -0.783.